The molecule has 1 nitrogen and oxygen atoms in total. The van der Waals surface area contributed by atoms with Crippen LogP contribution in [0.25, 0.3) is 11.1 Å². The maximum Gasteiger partial charge on any atom is 0.131 e. The standard InChI is InChI=1S/C16H16FN/c1-10-5-7-15(17)14(9-10)11-3-2-4-13-12(11)6-8-16(13)18/h2-5,7,9,16H,6,8,18H2,1H3. The van der Waals surface area contributed by atoms with Crippen LogP contribution in [-0.2, 0) is 6.42 Å². The fourth-order valence-corrected chi connectivity index (χ4v) is 2.78. The molecule has 2 aromatic carbocycles. The summed E-state index contributed by atoms with van der Waals surface area (Å²) in [6.07, 6.45) is 1.90. The number of aryl methyl sites for hydroxylation is 1. The molecule has 2 N–H and O–H groups in total. The van der Waals surface area contributed by atoms with Crippen LogP contribution >= 0.6 is 0 Å². The Bertz CT molecular complexity index is 604. The fraction of sp³-hybridized carbons (Fsp3) is 0.250. The van der Waals surface area contributed by atoms with Gasteiger partial charge in [0.15, 0.2) is 0 Å². The van der Waals surface area contributed by atoms with E-state index in [9.17, 15) is 4.39 Å². The molecule has 2 aromatic rings. The highest BCUT2D eigenvalue weighted by atomic mass is 19.1. The Morgan fingerprint density at radius 3 is 2.83 bits per heavy atom. The van der Waals surface area contributed by atoms with Crippen LogP contribution in [0.15, 0.2) is 36.4 Å². The summed E-state index contributed by atoms with van der Waals surface area (Å²) in [7, 11) is 0. The Labute approximate surface area is 106 Å². The molecular formula is C16H16FN. The van der Waals surface area contributed by atoms with E-state index in [1.807, 2.05) is 25.1 Å². The summed E-state index contributed by atoms with van der Waals surface area (Å²) in [5, 5.41) is 0. The van der Waals surface area contributed by atoms with E-state index >= 15 is 0 Å². The molecule has 0 saturated heterocycles. The first kappa shape index (κ1) is 11.4. The zero-order valence-electron chi connectivity index (χ0n) is 10.4. The molecular weight excluding hydrogens is 225 g/mol. The molecule has 92 valence electrons. The summed E-state index contributed by atoms with van der Waals surface area (Å²) in [5.41, 5.74) is 11.2. The van der Waals surface area contributed by atoms with Crippen LogP contribution in [0.1, 0.15) is 29.2 Å². The molecule has 3 rings (SSSR count). The van der Waals surface area contributed by atoms with Gasteiger partial charge in [0, 0.05) is 11.6 Å². The molecule has 0 heterocycles. The van der Waals surface area contributed by atoms with Gasteiger partial charge in [-0.1, -0.05) is 29.8 Å². The summed E-state index contributed by atoms with van der Waals surface area (Å²) >= 11 is 0. The van der Waals surface area contributed by atoms with E-state index < -0.39 is 0 Å². The first-order valence-corrected chi connectivity index (χ1v) is 6.30. The lowest BCUT2D eigenvalue weighted by Gasteiger charge is -2.11. The smallest absolute Gasteiger partial charge is 0.131 e. The van der Waals surface area contributed by atoms with E-state index in [1.54, 1.807) is 12.1 Å². The topological polar surface area (TPSA) is 26.0 Å². The summed E-state index contributed by atoms with van der Waals surface area (Å²) in [6.45, 7) is 1.98. The minimum atomic E-state index is -0.158. The van der Waals surface area contributed by atoms with Crippen molar-refractivity contribution in [2.45, 2.75) is 25.8 Å². The first-order valence-electron chi connectivity index (χ1n) is 6.30. The second-order valence-corrected chi connectivity index (χ2v) is 5.00. The van der Waals surface area contributed by atoms with Crippen LogP contribution in [0, 0.1) is 12.7 Å². The van der Waals surface area contributed by atoms with E-state index in [-0.39, 0.29) is 11.9 Å². The van der Waals surface area contributed by atoms with Gasteiger partial charge in [-0.05, 0) is 48.6 Å². The molecule has 0 bridgehead atoms. The molecule has 1 atom stereocenters. The number of benzene rings is 2. The highest BCUT2D eigenvalue weighted by Crippen LogP contribution is 2.37. The zero-order valence-corrected chi connectivity index (χ0v) is 10.4. The third kappa shape index (κ3) is 1.73. The maximum atomic E-state index is 14.0. The molecule has 1 unspecified atom stereocenters. The Kier molecular flexibility index (Phi) is 2.67. The molecule has 0 aliphatic heterocycles. The molecule has 0 radical (unpaired) electrons. The van der Waals surface area contributed by atoms with Gasteiger partial charge in [-0.25, -0.2) is 4.39 Å². The molecule has 1 aliphatic carbocycles. The van der Waals surface area contributed by atoms with E-state index in [2.05, 4.69) is 6.07 Å². The Balaban J connectivity index is 2.21. The number of hydrogen-bond acceptors (Lipinski definition) is 1. The van der Waals surface area contributed by atoms with E-state index in [1.165, 1.54) is 11.1 Å². The number of rotatable bonds is 1. The van der Waals surface area contributed by atoms with Gasteiger partial charge in [0.1, 0.15) is 5.82 Å². The summed E-state index contributed by atoms with van der Waals surface area (Å²) in [6, 6.07) is 11.4. The highest BCUT2D eigenvalue weighted by molar-refractivity contribution is 5.71. The largest absolute Gasteiger partial charge is 0.324 e. The van der Waals surface area contributed by atoms with Gasteiger partial charge in [0.05, 0.1) is 0 Å². The van der Waals surface area contributed by atoms with E-state index in [0.29, 0.717) is 5.56 Å². The van der Waals surface area contributed by atoms with E-state index in [4.69, 9.17) is 5.73 Å². The average Bonchev–Trinajstić information content (AvgIpc) is 2.75. The Morgan fingerprint density at radius 2 is 2.00 bits per heavy atom. The van der Waals surface area contributed by atoms with Crippen molar-refractivity contribution in [2.75, 3.05) is 0 Å². The minimum Gasteiger partial charge on any atom is -0.324 e. The van der Waals surface area contributed by atoms with Gasteiger partial charge >= 0.3 is 0 Å². The molecule has 0 amide bonds. The highest BCUT2D eigenvalue weighted by Gasteiger charge is 2.22. The van der Waals surface area contributed by atoms with Gasteiger partial charge < -0.3 is 5.73 Å². The van der Waals surface area contributed by atoms with Gasteiger partial charge in [-0.15, -0.1) is 0 Å². The zero-order chi connectivity index (χ0) is 12.7. The van der Waals surface area contributed by atoms with Gasteiger partial charge in [-0.3, -0.25) is 0 Å². The molecule has 0 aromatic heterocycles. The first-order chi connectivity index (χ1) is 8.66. The maximum absolute atomic E-state index is 14.0. The fourth-order valence-electron chi connectivity index (χ4n) is 2.78. The molecule has 2 heteroatoms. The molecule has 0 spiro atoms. The monoisotopic (exact) mass is 241 g/mol. The lowest BCUT2D eigenvalue weighted by Crippen LogP contribution is -2.05. The molecule has 0 fully saturated rings. The lowest BCUT2D eigenvalue weighted by atomic mass is 9.95. The van der Waals surface area contributed by atoms with Crippen molar-refractivity contribution in [3.63, 3.8) is 0 Å². The second-order valence-electron chi connectivity index (χ2n) is 5.00. The predicted octanol–water partition coefficient (Wildman–Crippen LogP) is 3.75. The van der Waals surface area contributed by atoms with Crippen molar-refractivity contribution in [3.05, 3.63) is 58.9 Å². The Hall–Kier alpha value is -1.67. The van der Waals surface area contributed by atoms with Crippen LogP contribution in [-0.4, -0.2) is 0 Å². The van der Waals surface area contributed by atoms with Gasteiger partial charge in [0.25, 0.3) is 0 Å². The number of nitrogens with two attached hydrogens (primary N) is 1. The summed E-state index contributed by atoms with van der Waals surface area (Å²) in [4.78, 5) is 0. The number of fused-ring (bicyclic) bond motifs is 1. The van der Waals surface area contributed by atoms with Crippen molar-refractivity contribution in [2.24, 2.45) is 5.73 Å². The lowest BCUT2D eigenvalue weighted by molar-refractivity contribution is 0.630. The Morgan fingerprint density at radius 1 is 1.17 bits per heavy atom. The van der Waals surface area contributed by atoms with Crippen LogP contribution < -0.4 is 5.73 Å². The van der Waals surface area contributed by atoms with Gasteiger partial charge in [0.2, 0.25) is 0 Å². The molecule has 1 aliphatic rings. The summed E-state index contributed by atoms with van der Waals surface area (Å²) < 4.78 is 14.0. The van der Waals surface area contributed by atoms with Crippen molar-refractivity contribution < 1.29 is 4.39 Å². The summed E-state index contributed by atoms with van der Waals surface area (Å²) in [5.74, 6) is -0.158. The van der Waals surface area contributed by atoms with Crippen LogP contribution in [0.4, 0.5) is 4.39 Å². The van der Waals surface area contributed by atoms with Crippen molar-refractivity contribution in [1.82, 2.24) is 0 Å². The van der Waals surface area contributed by atoms with E-state index in [0.717, 1.165) is 24.0 Å². The number of hydrogen-bond donors (Lipinski definition) is 1. The van der Waals surface area contributed by atoms with Crippen molar-refractivity contribution in [1.29, 1.82) is 0 Å². The van der Waals surface area contributed by atoms with Crippen LogP contribution in [0.5, 0.6) is 0 Å². The quantitative estimate of drug-likeness (QED) is 0.808. The average molecular weight is 241 g/mol. The number of halogens is 1. The normalized spacial score (nSPS) is 17.8. The molecule has 0 saturated carbocycles. The molecule has 18 heavy (non-hydrogen) atoms. The van der Waals surface area contributed by atoms with Crippen LogP contribution in [0.3, 0.4) is 0 Å². The van der Waals surface area contributed by atoms with Crippen molar-refractivity contribution in [3.8, 4) is 11.1 Å². The third-order valence-corrected chi connectivity index (χ3v) is 3.73. The second kappa shape index (κ2) is 4.21. The van der Waals surface area contributed by atoms with Crippen LogP contribution in [0.2, 0.25) is 0 Å². The minimum absolute atomic E-state index is 0.104. The third-order valence-electron chi connectivity index (χ3n) is 3.73. The SMILES string of the molecule is Cc1ccc(F)c(-c2cccc3c2CCC3N)c1. The van der Waals surface area contributed by atoms with Gasteiger partial charge in [-0.2, -0.15) is 0 Å². The van der Waals surface area contributed by atoms with Crippen molar-refractivity contribution >= 4 is 0 Å². The predicted molar refractivity (Wildman–Crippen MR) is 71.8 cm³/mol.